The van der Waals surface area contributed by atoms with E-state index in [-0.39, 0.29) is 6.42 Å². The molecule has 2 rings (SSSR count). The molecule has 116 valence electrons. The summed E-state index contributed by atoms with van der Waals surface area (Å²) in [5.41, 5.74) is 1.28. The summed E-state index contributed by atoms with van der Waals surface area (Å²) in [6.07, 6.45) is 9.25. The quantitative estimate of drug-likeness (QED) is 0.858. The first kappa shape index (κ1) is 16.0. The van der Waals surface area contributed by atoms with Gasteiger partial charge in [0.2, 0.25) is 0 Å². The molecule has 1 aliphatic rings. The number of hydrogen-bond donors (Lipinski definition) is 1. The standard InChI is InChI=1S/C18H27NO2/c20-18(21)13-14-19(15-16-9-5-4-6-10-16)17-11-7-2-1-3-8-12-17/h4-6,9-10,17H,1-3,7-8,11-15H2,(H,20,21). The van der Waals surface area contributed by atoms with Gasteiger partial charge < -0.3 is 5.11 Å². The van der Waals surface area contributed by atoms with Crippen molar-refractivity contribution in [1.29, 1.82) is 0 Å². The smallest absolute Gasteiger partial charge is 0.304 e. The van der Waals surface area contributed by atoms with Crippen LogP contribution in [0.3, 0.4) is 0 Å². The van der Waals surface area contributed by atoms with Crippen LogP contribution in [0.15, 0.2) is 30.3 Å². The van der Waals surface area contributed by atoms with Crippen LogP contribution in [-0.4, -0.2) is 28.6 Å². The Hall–Kier alpha value is -1.35. The highest BCUT2D eigenvalue weighted by molar-refractivity contribution is 5.66. The van der Waals surface area contributed by atoms with E-state index in [1.807, 2.05) is 6.07 Å². The predicted molar refractivity (Wildman–Crippen MR) is 85.2 cm³/mol. The van der Waals surface area contributed by atoms with Gasteiger partial charge >= 0.3 is 5.97 Å². The summed E-state index contributed by atoms with van der Waals surface area (Å²) in [6, 6.07) is 11.0. The van der Waals surface area contributed by atoms with Gasteiger partial charge in [-0.15, -0.1) is 0 Å². The second-order valence-electron chi connectivity index (χ2n) is 6.10. The summed E-state index contributed by atoms with van der Waals surface area (Å²) in [6.45, 7) is 1.54. The van der Waals surface area contributed by atoms with E-state index in [0.717, 1.165) is 6.54 Å². The number of aliphatic carboxylic acids is 1. The zero-order chi connectivity index (χ0) is 14.9. The average Bonchev–Trinajstić information content (AvgIpc) is 2.44. The van der Waals surface area contributed by atoms with Gasteiger partial charge in [0.25, 0.3) is 0 Å². The molecule has 1 N–H and O–H groups in total. The van der Waals surface area contributed by atoms with Crippen molar-refractivity contribution in [2.75, 3.05) is 6.54 Å². The first-order valence-corrected chi connectivity index (χ1v) is 8.25. The van der Waals surface area contributed by atoms with Crippen LogP contribution in [0.2, 0.25) is 0 Å². The maximum atomic E-state index is 10.9. The van der Waals surface area contributed by atoms with Crippen molar-refractivity contribution in [3.63, 3.8) is 0 Å². The molecule has 3 nitrogen and oxygen atoms in total. The van der Waals surface area contributed by atoms with Crippen LogP contribution >= 0.6 is 0 Å². The fraction of sp³-hybridized carbons (Fsp3) is 0.611. The van der Waals surface area contributed by atoms with Crippen LogP contribution in [0, 0.1) is 0 Å². The minimum absolute atomic E-state index is 0.239. The van der Waals surface area contributed by atoms with E-state index in [1.54, 1.807) is 0 Å². The van der Waals surface area contributed by atoms with Gasteiger partial charge in [-0.3, -0.25) is 9.69 Å². The third-order valence-corrected chi connectivity index (χ3v) is 4.43. The molecular weight excluding hydrogens is 262 g/mol. The van der Waals surface area contributed by atoms with Crippen molar-refractivity contribution < 1.29 is 9.90 Å². The monoisotopic (exact) mass is 289 g/mol. The van der Waals surface area contributed by atoms with E-state index < -0.39 is 5.97 Å². The van der Waals surface area contributed by atoms with Crippen LogP contribution in [0.5, 0.6) is 0 Å². The molecule has 0 unspecified atom stereocenters. The van der Waals surface area contributed by atoms with Gasteiger partial charge in [-0.25, -0.2) is 0 Å². The topological polar surface area (TPSA) is 40.5 Å². The Morgan fingerprint density at radius 2 is 1.67 bits per heavy atom. The van der Waals surface area contributed by atoms with Gasteiger partial charge in [0.15, 0.2) is 0 Å². The molecule has 21 heavy (non-hydrogen) atoms. The molecule has 1 aliphatic carbocycles. The molecule has 0 radical (unpaired) electrons. The fourth-order valence-corrected chi connectivity index (χ4v) is 3.25. The van der Waals surface area contributed by atoms with Gasteiger partial charge in [0.1, 0.15) is 0 Å². The zero-order valence-electron chi connectivity index (χ0n) is 12.8. The molecule has 0 bridgehead atoms. The number of nitrogens with zero attached hydrogens (tertiary/aromatic N) is 1. The maximum absolute atomic E-state index is 10.9. The van der Waals surface area contributed by atoms with E-state index in [4.69, 9.17) is 5.11 Å². The summed E-state index contributed by atoms with van der Waals surface area (Å²) < 4.78 is 0. The number of carboxylic acids is 1. The summed E-state index contributed by atoms with van der Waals surface area (Å²) >= 11 is 0. The zero-order valence-corrected chi connectivity index (χ0v) is 12.8. The number of hydrogen-bond acceptors (Lipinski definition) is 2. The number of carbonyl (C=O) groups is 1. The molecule has 0 saturated heterocycles. The van der Waals surface area contributed by atoms with Gasteiger partial charge in [0, 0.05) is 19.1 Å². The highest BCUT2D eigenvalue weighted by atomic mass is 16.4. The normalized spacial score (nSPS) is 17.4. The van der Waals surface area contributed by atoms with Crippen LogP contribution in [0.1, 0.15) is 56.9 Å². The highest BCUT2D eigenvalue weighted by Gasteiger charge is 2.20. The van der Waals surface area contributed by atoms with Crippen molar-refractivity contribution in [2.24, 2.45) is 0 Å². The number of benzene rings is 1. The van der Waals surface area contributed by atoms with Gasteiger partial charge in [0.05, 0.1) is 6.42 Å². The molecule has 1 saturated carbocycles. The lowest BCUT2D eigenvalue weighted by atomic mass is 9.95. The third kappa shape index (κ3) is 5.88. The first-order chi connectivity index (χ1) is 10.3. The van der Waals surface area contributed by atoms with Crippen molar-refractivity contribution in [1.82, 2.24) is 4.90 Å². The van der Waals surface area contributed by atoms with Crippen molar-refractivity contribution in [3.8, 4) is 0 Å². The summed E-state index contributed by atoms with van der Waals surface area (Å²) in [7, 11) is 0. The predicted octanol–water partition coefficient (Wildman–Crippen LogP) is 4.08. The van der Waals surface area contributed by atoms with Crippen molar-refractivity contribution in [2.45, 2.75) is 64.0 Å². The van der Waals surface area contributed by atoms with Gasteiger partial charge in [-0.05, 0) is 18.4 Å². The lowest BCUT2D eigenvalue weighted by Gasteiger charge is -2.33. The van der Waals surface area contributed by atoms with Gasteiger partial charge in [-0.1, -0.05) is 62.4 Å². The Balaban J connectivity index is 2.00. The van der Waals surface area contributed by atoms with Crippen LogP contribution in [-0.2, 0) is 11.3 Å². The Bertz CT molecular complexity index is 410. The van der Waals surface area contributed by atoms with E-state index in [9.17, 15) is 4.79 Å². The molecule has 1 aromatic rings. The SMILES string of the molecule is O=C(O)CCN(Cc1ccccc1)C1CCCCCCC1. The third-order valence-electron chi connectivity index (χ3n) is 4.43. The molecule has 1 fully saturated rings. The Labute approximate surface area is 128 Å². The molecule has 0 aliphatic heterocycles. The van der Waals surface area contributed by atoms with Crippen LogP contribution < -0.4 is 0 Å². The van der Waals surface area contributed by atoms with Crippen LogP contribution in [0.4, 0.5) is 0 Å². The number of carboxylic acid groups (broad SMARTS) is 1. The van der Waals surface area contributed by atoms with Crippen molar-refractivity contribution in [3.05, 3.63) is 35.9 Å². The average molecular weight is 289 g/mol. The Morgan fingerprint density at radius 3 is 2.29 bits per heavy atom. The summed E-state index contributed by atoms with van der Waals surface area (Å²) in [5.74, 6) is -0.695. The Kier molecular flexibility index (Phi) is 6.74. The Morgan fingerprint density at radius 1 is 1.05 bits per heavy atom. The minimum atomic E-state index is -0.695. The largest absolute Gasteiger partial charge is 0.481 e. The lowest BCUT2D eigenvalue weighted by Crippen LogP contribution is -2.37. The molecule has 0 aromatic heterocycles. The summed E-state index contributed by atoms with van der Waals surface area (Å²) in [4.78, 5) is 13.3. The molecule has 1 aromatic carbocycles. The molecule has 3 heteroatoms. The maximum Gasteiger partial charge on any atom is 0.304 e. The van der Waals surface area contributed by atoms with Gasteiger partial charge in [-0.2, -0.15) is 0 Å². The number of rotatable bonds is 6. The van der Waals surface area contributed by atoms with E-state index >= 15 is 0 Å². The van der Waals surface area contributed by atoms with E-state index in [0.29, 0.717) is 12.6 Å². The fourth-order valence-electron chi connectivity index (χ4n) is 3.25. The first-order valence-electron chi connectivity index (χ1n) is 8.25. The van der Waals surface area contributed by atoms with Crippen LogP contribution in [0.25, 0.3) is 0 Å². The van der Waals surface area contributed by atoms with E-state index in [1.165, 1.54) is 50.5 Å². The highest BCUT2D eigenvalue weighted by Crippen LogP contribution is 2.23. The molecular formula is C18H27NO2. The second kappa shape index (κ2) is 8.83. The minimum Gasteiger partial charge on any atom is -0.481 e. The molecule has 0 atom stereocenters. The second-order valence-corrected chi connectivity index (χ2v) is 6.10. The lowest BCUT2D eigenvalue weighted by molar-refractivity contribution is -0.137. The summed E-state index contributed by atoms with van der Waals surface area (Å²) in [5, 5.41) is 9.00. The van der Waals surface area contributed by atoms with E-state index in [2.05, 4.69) is 29.2 Å². The molecule has 0 heterocycles. The molecule has 0 spiro atoms. The van der Waals surface area contributed by atoms with Crippen molar-refractivity contribution >= 4 is 5.97 Å². The molecule has 0 amide bonds.